The van der Waals surface area contributed by atoms with Crippen molar-refractivity contribution in [2.24, 2.45) is 0 Å². The highest BCUT2D eigenvalue weighted by molar-refractivity contribution is 5.35. The third-order valence-corrected chi connectivity index (χ3v) is 2.74. The first kappa shape index (κ1) is 12.3. The van der Waals surface area contributed by atoms with Crippen molar-refractivity contribution in [1.82, 2.24) is 9.78 Å². The molecule has 0 saturated carbocycles. The summed E-state index contributed by atoms with van der Waals surface area (Å²) in [5, 5.41) is 3.43. The maximum Gasteiger partial charge on any atom is 0.435 e. The van der Waals surface area contributed by atoms with E-state index in [0.29, 0.717) is 0 Å². The molecule has 0 bridgehead atoms. The van der Waals surface area contributed by atoms with E-state index in [-0.39, 0.29) is 17.3 Å². The van der Waals surface area contributed by atoms with Gasteiger partial charge in [0.25, 0.3) is 5.92 Å². The van der Waals surface area contributed by atoms with Gasteiger partial charge in [0.2, 0.25) is 0 Å². The molecule has 1 heterocycles. The number of nitrogens with zero attached hydrogens (tertiary/aromatic N) is 2. The van der Waals surface area contributed by atoms with Crippen LogP contribution in [0.3, 0.4) is 0 Å². The molecule has 0 spiro atoms. The van der Waals surface area contributed by atoms with Gasteiger partial charge in [-0.2, -0.15) is 18.3 Å². The standard InChI is InChI=1S/C10H11F5N2/c1-5(2)17-7-4-9(11,12)3-6(7)8(16-17)10(13,14)15/h5H,3-4H2,1-2H3. The Morgan fingerprint density at radius 1 is 1.24 bits per heavy atom. The summed E-state index contributed by atoms with van der Waals surface area (Å²) in [6, 6.07) is -0.367. The van der Waals surface area contributed by atoms with E-state index in [2.05, 4.69) is 5.10 Å². The zero-order valence-electron chi connectivity index (χ0n) is 9.28. The molecule has 1 aromatic rings. The summed E-state index contributed by atoms with van der Waals surface area (Å²) in [6.07, 6.45) is -6.21. The minimum Gasteiger partial charge on any atom is -0.266 e. The van der Waals surface area contributed by atoms with Crippen molar-refractivity contribution in [3.05, 3.63) is 17.0 Å². The maximum atomic E-state index is 13.2. The highest BCUT2D eigenvalue weighted by atomic mass is 19.4. The normalized spacial score (nSPS) is 18.8. The molecule has 0 N–H and O–H groups in total. The number of rotatable bonds is 1. The number of hydrogen-bond acceptors (Lipinski definition) is 1. The quantitative estimate of drug-likeness (QED) is 0.703. The first-order valence-electron chi connectivity index (χ1n) is 5.17. The molecular weight excluding hydrogens is 243 g/mol. The van der Waals surface area contributed by atoms with Gasteiger partial charge < -0.3 is 0 Å². The van der Waals surface area contributed by atoms with E-state index in [1.54, 1.807) is 13.8 Å². The smallest absolute Gasteiger partial charge is 0.266 e. The van der Waals surface area contributed by atoms with E-state index in [4.69, 9.17) is 0 Å². The number of halogens is 5. The third-order valence-electron chi connectivity index (χ3n) is 2.74. The van der Waals surface area contributed by atoms with Crippen LogP contribution in [0.1, 0.15) is 36.8 Å². The largest absolute Gasteiger partial charge is 0.435 e. The Hall–Kier alpha value is -1.14. The zero-order valence-corrected chi connectivity index (χ0v) is 9.28. The minimum atomic E-state index is -4.68. The number of hydrogen-bond donors (Lipinski definition) is 0. The van der Waals surface area contributed by atoms with Crippen LogP contribution in [0.25, 0.3) is 0 Å². The Labute approximate surface area is 94.4 Å². The molecule has 0 unspecified atom stereocenters. The molecule has 0 aromatic carbocycles. The maximum absolute atomic E-state index is 13.2. The van der Waals surface area contributed by atoms with Crippen LogP contribution in [0.2, 0.25) is 0 Å². The van der Waals surface area contributed by atoms with Crippen LogP contribution in [-0.2, 0) is 19.0 Å². The molecule has 0 aliphatic heterocycles. The molecule has 0 saturated heterocycles. The van der Waals surface area contributed by atoms with E-state index < -0.39 is 30.6 Å². The van der Waals surface area contributed by atoms with Gasteiger partial charge in [-0.1, -0.05) is 0 Å². The Bertz CT molecular complexity index is 444. The van der Waals surface area contributed by atoms with Crippen molar-refractivity contribution in [1.29, 1.82) is 0 Å². The van der Waals surface area contributed by atoms with E-state index in [9.17, 15) is 22.0 Å². The fourth-order valence-electron chi connectivity index (χ4n) is 2.10. The van der Waals surface area contributed by atoms with Gasteiger partial charge in [0, 0.05) is 23.7 Å². The molecule has 1 aromatic heterocycles. The monoisotopic (exact) mass is 254 g/mol. The molecule has 1 aliphatic rings. The van der Waals surface area contributed by atoms with E-state index in [1.807, 2.05) is 0 Å². The molecule has 17 heavy (non-hydrogen) atoms. The van der Waals surface area contributed by atoms with Crippen molar-refractivity contribution in [3.8, 4) is 0 Å². The number of fused-ring (bicyclic) bond motifs is 1. The van der Waals surface area contributed by atoms with Crippen LogP contribution in [0, 0.1) is 0 Å². The summed E-state index contributed by atoms with van der Waals surface area (Å²) in [5.74, 6) is -3.09. The summed E-state index contributed by atoms with van der Waals surface area (Å²) >= 11 is 0. The molecule has 0 fully saturated rings. The molecular formula is C10H11F5N2. The average molecular weight is 254 g/mol. The predicted octanol–water partition coefficient (Wildman–Crippen LogP) is 3.22. The number of aromatic nitrogens is 2. The fourth-order valence-corrected chi connectivity index (χ4v) is 2.10. The minimum absolute atomic E-state index is 0.0114. The SMILES string of the molecule is CC(C)n1nc(C(F)(F)F)c2c1CC(F)(F)C2. The van der Waals surface area contributed by atoms with E-state index in [0.717, 1.165) is 4.68 Å². The van der Waals surface area contributed by atoms with Crippen molar-refractivity contribution >= 4 is 0 Å². The van der Waals surface area contributed by atoms with Crippen LogP contribution in [-0.4, -0.2) is 15.7 Å². The second kappa shape index (κ2) is 3.43. The molecule has 1 aliphatic carbocycles. The lowest BCUT2D eigenvalue weighted by atomic mass is 10.2. The van der Waals surface area contributed by atoms with E-state index in [1.165, 1.54) is 0 Å². The molecule has 2 nitrogen and oxygen atoms in total. The molecule has 7 heteroatoms. The number of alkyl halides is 5. The fraction of sp³-hybridized carbons (Fsp3) is 0.700. The molecule has 0 amide bonds. The average Bonchev–Trinajstić information content (AvgIpc) is 2.54. The Kier molecular flexibility index (Phi) is 2.48. The zero-order chi connectivity index (χ0) is 13.0. The Morgan fingerprint density at radius 3 is 2.29 bits per heavy atom. The van der Waals surface area contributed by atoms with Gasteiger partial charge in [0.1, 0.15) is 0 Å². The van der Waals surface area contributed by atoms with Crippen LogP contribution >= 0.6 is 0 Å². The summed E-state index contributed by atoms with van der Waals surface area (Å²) in [7, 11) is 0. The van der Waals surface area contributed by atoms with Crippen LogP contribution < -0.4 is 0 Å². The molecule has 0 radical (unpaired) electrons. The summed E-state index contributed by atoms with van der Waals surface area (Å²) < 4.78 is 65.4. The van der Waals surface area contributed by atoms with Crippen molar-refractivity contribution in [2.75, 3.05) is 0 Å². The predicted molar refractivity (Wildman–Crippen MR) is 50.0 cm³/mol. The third kappa shape index (κ3) is 2.02. The lowest BCUT2D eigenvalue weighted by molar-refractivity contribution is -0.142. The van der Waals surface area contributed by atoms with Gasteiger partial charge in [0.05, 0.1) is 6.42 Å². The van der Waals surface area contributed by atoms with Gasteiger partial charge in [-0.25, -0.2) is 8.78 Å². The topological polar surface area (TPSA) is 17.8 Å². The second-order valence-electron chi connectivity index (χ2n) is 4.52. The van der Waals surface area contributed by atoms with Crippen molar-refractivity contribution < 1.29 is 22.0 Å². The first-order chi connectivity index (χ1) is 7.62. The molecule has 0 atom stereocenters. The van der Waals surface area contributed by atoms with Gasteiger partial charge in [-0.15, -0.1) is 0 Å². The highest BCUT2D eigenvalue weighted by Crippen LogP contribution is 2.42. The van der Waals surface area contributed by atoms with Gasteiger partial charge in [-0.05, 0) is 13.8 Å². The summed E-state index contributed by atoms with van der Waals surface area (Å²) in [6.45, 7) is 3.23. The Balaban J connectivity index is 2.56. The summed E-state index contributed by atoms with van der Waals surface area (Å²) in [5.41, 5.74) is -1.51. The first-order valence-corrected chi connectivity index (χ1v) is 5.17. The molecule has 96 valence electrons. The summed E-state index contributed by atoms with van der Waals surface area (Å²) in [4.78, 5) is 0. The highest BCUT2D eigenvalue weighted by Gasteiger charge is 2.48. The van der Waals surface area contributed by atoms with Crippen LogP contribution in [0.4, 0.5) is 22.0 Å². The lowest BCUT2D eigenvalue weighted by Gasteiger charge is -2.12. The van der Waals surface area contributed by atoms with Crippen molar-refractivity contribution in [3.63, 3.8) is 0 Å². The van der Waals surface area contributed by atoms with Gasteiger partial charge in [0.15, 0.2) is 5.69 Å². The van der Waals surface area contributed by atoms with Crippen LogP contribution in [0.15, 0.2) is 0 Å². The van der Waals surface area contributed by atoms with E-state index >= 15 is 0 Å². The second-order valence-corrected chi connectivity index (χ2v) is 4.52. The lowest BCUT2D eigenvalue weighted by Crippen LogP contribution is -2.20. The van der Waals surface area contributed by atoms with Crippen molar-refractivity contribution in [2.45, 2.75) is 44.8 Å². The Morgan fingerprint density at radius 2 is 1.82 bits per heavy atom. The van der Waals surface area contributed by atoms with Gasteiger partial charge >= 0.3 is 6.18 Å². The van der Waals surface area contributed by atoms with Crippen LogP contribution in [0.5, 0.6) is 0 Å². The van der Waals surface area contributed by atoms with Gasteiger partial charge in [-0.3, -0.25) is 4.68 Å². The molecule has 2 rings (SSSR count).